The standard InChI is InChI=1S/C30H36N2O4S/c1-22(2)16-17-23-14-9-15-26(18-23)28(33)32(19-24-10-5-3-6-11-24)30(36)31-27(29(34)35)21-37-20-25-12-7-4-8-13-25/h3,5-7,9-15,18,22,27H,4,8,16-17,19-21H2,1-2H3,(H,31,36)(H,34,35). The molecule has 0 saturated heterocycles. The highest BCUT2D eigenvalue weighted by atomic mass is 32.2. The van der Waals surface area contributed by atoms with E-state index in [1.807, 2.05) is 48.5 Å². The molecule has 3 rings (SSSR count). The lowest BCUT2D eigenvalue weighted by Gasteiger charge is -2.24. The predicted molar refractivity (Wildman–Crippen MR) is 150 cm³/mol. The van der Waals surface area contributed by atoms with Gasteiger partial charge in [-0.15, -0.1) is 0 Å². The summed E-state index contributed by atoms with van der Waals surface area (Å²) in [5.74, 6) is -0.175. The first-order valence-electron chi connectivity index (χ1n) is 12.7. The summed E-state index contributed by atoms with van der Waals surface area (Å²) >= 11 is 1.45. The average molecular weight is 521 g/mol. The Labute approximate surface area is 223 Å². The van der Waals surface area contributed by atoms with Gasteiger partial charge in [0.05, 0.1) is 6.54 Å². The number of aliphatic carboxylic acids is 1. The molecule has 2 aromatic rings. The molecule has 0 spiro atoms. The van der Waals surface area contributed by atoms with Crippen molar-refractivity contribution in [3.8, 4) is 0 Å². The minimum absolute atomic E-state index is 0.0406. The van der Waals surface area contributed by atoms with Crippen molar-refractivity contribution in [3.63, 3.8) is 0 Å². The van der Waals surface area contributed by atoms with Crippen LogP contribution in [0.25, 0.3) is 0 Å². The number of carbonyl (C=O) groups is 3. The maximum atomic E-state index is 13.6. The first kappa shape index (κ1) is 28.3. The topological polar surface area (TPSA) is 86.7 Å². The van der Waals surface area contributed by atoms with Gasteiger partial charge < -0.3 is 10.4 Å². The molecule has 1 unspecified atom stereocenters. The molecule has 37 heavy (non-hydrogen) atoms. The van der Waals surface area contributed by atoms with E-state index in [1.165, 1.54) is 11.8 Å². The van der Waals surface area contributed by atoms with Gasteiger partial charge in [-0.1, -0.05) is 74.5 Å². The van der Waals surface area contributed by atoms with Crippen molar-refractivity contribution in [1.82, 2.24) is 10.2 Å². The first-order chi connectivity index (χ1) is 17.8. The zero-order valence-electron chi connectivity index (χ0n) is 21.6. The summed E-state index contributed by atoms with van der Waals surface area (Å²) in [6.45, 7) is 4.35. The van der Waals surface area contributed by atoms with Gasteiger partial charge in [0.1, 0.15) is 6.04 Å². The Kier molecular flexibility index (Phi) is 11.0. The fourth-order valence-electron chi connectivity index (χ4n) is 3.94. The summed E-state index contributed by atoms with van der Waals surface area (Å²) in [6.07, 6.45) is 10.2. The number of amides is 3. The van der Waals surface area contributed by atoms with E-state index in [-0.39, 0.29) is 12.3 Å². The molecule has 0 aromatic heterocycles. The highest BCUT2D eigenvalue weighted by Gasteiger charge is 2.28. The number of rotatable bonds is 12. The van der Waals surface area contributed by atoms with Crippen LogP contribution in [0.5, 0.6) is 0 Å². The van der Waals surface area contributed by atoms with E-state index in [0.29, 0.717) is 17.2 Å². The number of imide groups is 1. The average Bonchev–Trinajstić information content (AvgIpc) is 2.90. The van der Waals surface area contributed by atoms with Crippen LogP contribution >= 0.6 is 11.8 Å². The maximum Gasteiger partial charge on any atom is 0.327 e. The molecule has 0 bridgehead atoms. The zero-order valence-corrected chi connectivity index (χ0v) is 22.4. The third kappa shape index (κ3) is 9.25. The quantitative estimate of drug-likeness (QED) is 0.354. The number of thioether (sulfide) groups is 1. The van der Waals surface area contributed by atoms with Crippen molar-refractivity contribution in [1.29, 1.82) is 0 Å². The first-order valence-corrected chi connectivity index (χ1v) is 13.9. The molecular weight excluding hydrogens is 484 g/mol. The molecule has 1 atom stereocenters. The van der Waals surface area contributed by atoms with Crippen LogP contribution in [0, 0.1) is 5.92 Å². The summed E-state index contributed by atoms with van der Waals surface area (Å²) in [7, 11) is 0. The van der Waals surface area contributed by atoms with E-state index in [2.05, 4.69) is 37.4 Å². The molecule has 2 N–H and O–H groups in total. The largest absolute Gasteiger partial charge is 0.480 e. The summed E-state index contributed by atoms with van der Waals surface area (Å²) in [5.41, 5.74) is 3.37. The Morgan fingerprint density at radius 1 is 1.03 bits per heavy atom. The van der Waals surface area contributed by atoms with E-state index < -0.39 is 23.9 Å². The van der Waals surface area contributed by atoms with Crippen LogP contribution in [0.15, 0.2) is 78.4 Å². The van der Waals surface area contributed by atoms with Gasteiger partial charge in [-0.2, -0.15) is 11.8 Å². The van der Waals surface area contributed by atoms with E-state index in [1.54, 1.807) is 6.07 Å². The van der Waals surface area contributed by atoms with Crippen LogP contribution in [0.1, 0.15) is 54.6 Å². The monoisotopic (exact) mass is 520 g/mol. The van der Waals surface area contributed by atoms with E-state index in [0.717, 1.165) is 47.3 Å². The number of aryl methyl sites for hydroxylation is 1. The van der Waals surface area contributed by atoms with Gasteiger partial charge in [0.15, 0.2) is 0 Å². The number of hydrogen-bond acceptors (Lipinski definition) is 4. The lowest BCUT2D eigenvalue weighted by molar-refractivity contribution is -0.138. The second kappa shape index (κ2) is 14.4. The molecule has 0 saturated carbocycles. The van der Waals surface area contributed by atoms with Crippen molar-refractivity contribution in [2.24, 2.45) is 5.92 Å². The lowest BCUT2D eigenvalue weighted by Crippen LogP contribution is -2.50. The number of carboxylic acid groups (broad SMARTS) is 1. The van der Waals surface area contributed by atoms with Crippen LogP contribution in [0.3, 0.4) is 0 Å². The van der Waals surface area contributed by atoms with Crippen molar-refractivity contribution < 1.29 is 19.5 Å². The third-order valence-corrected chi connectivity index (χ3v) is 7.19. The molecule has 6 nitrogen and oxygen atoms in total. The summed E-state index contributed by atoms with van der Waals surface area (Å²) in [6, 6.07) is 14.7. The number of nitrogens with zero attached hydrogens (tertiary/aromatic N) is 1. The van der Waals surface area contributed by atoms with Crippen molar-refractivity contribution in [3.05, 3.63) is 95.1 Å². The molecule has 3 amide bonds. The number of benzene rings is 2. The molecule has 7 heteroatoms. The lowest BCUT2D eigenvalue weighted by atomic mass is 10.0. The van der Waals surface area contributed by atoms with Gasteiger partial charge in [0.25, 0.3) is 5.91 Å². The van der Waals surface area contributed by atoms with Gasteiger partial charge in [-0.05, 0) is 60.4 Å². The van der Waals surface area contributed by atoms with Crippen molar-refractivity contribution in [2.75, 3.05) is 11.5 Å². The third-order valence-electron chi connectivity index (χ3n) is 6.08. The molecule has 196 valence electrons. The number of hydrogen-bond donors (Lipinski definition) is 2. The second-order valence-electron chi connectivity index (χ2n) is 9.62. The van der Waals surface area contributed by atoms with Gasteiger partial charge >= 0.3 is 12.0 Å². The van der Waals surface area contributed by atoms with Gasteiger partial charge in [-0.25, -0.2) is 9.59 Å². The Bertz CT molecular complexity index is 1130. The Hall–Kier alpha value is -3.32. The second-order valence-corrected chi connectivity index (χ2v) is 10.7. The fraction of sp³-hybridized carbons (Fsp3) is 0.367. The summed E-state index contributed by atoms with van der Waals surface area (Å²) in [5, 5.41) is 12.4. The number of nitrogens with one attached hydrogen (secondary N) is 1. The molecule has 0 fully saturated rings. The van der Waals surface area contributed by atoms with Crippen LogP contribution < -0.4 is 5.32 Å². The molecule has 1 aliphatic rings. The van der Waals surface area contributed by atoms with Crippen LogP contribution in [-0.4, -0.2) is 45.5 Å². The smallest absolute Gasteiger partial charge is 0.327 e. The molecule has 1 aliphatic carbocycles. The van der Waals surface area contributed by atoms with Crippen LogP contribution in [-0.2, 0) is 17.8 Å². The van der Waals surface area contributed by atoms with Crippen LogP contribution in [0.2, 0.25) is 0 Å². The highest BCUT2D eigenvalue weighted by Crippen LogP contribution is 2.18. The van der Waals surface area contributed by atoms with E-state index >= 15 is 0 Å². The van der Waals surface area contributed by atoms with E-state index in [4.69, 9.17) is 0 Å². The van der Waals surface area contributed by atoms with Gasteiger partial charge in [-0.3, -0.25) is 9.69 Å². The number of allylic oxidation sites excluding steroid dienone is 3. The zero-order chi connectivity index (χ0) is 26.6. The Morgan fingerprint density at radius 2 is 1.78 bits per heavy atom. The molecule has 0 heterocycles. The fourth-order valence-corrected chi connectivity index (χ4v) is 4.97. The summed E-state index contributed by atoms with van der Waals surface area (Å²) in [4.78, 5) is 39.9. The number of carbonyl (C=O) groups excluding carboxylic acids is 2. The Balaban J connectivity index is 1.74. The highest BCUT2D eigenvalue weighted by molar-refractivity contribution is 7.99. The number of carboxylic acids is 1. The van der Waals surface area contributed by atoms with Crippen molar-refractivity contribution >= 4 is 29.7 Å². The Morgan fingerprint density at radius 3 is 2.46 bits per heavy atom. The maximum absolute atomic E-state index is 13.6. The molecule has 0 aliphatic heterocycles. The molecule has 2 aromatic carbocycles. The van der Waals surface area contributed by atoms with Crippen molar-refractivity contribution in [2.45, 2.75) is 52.1 Å². The summed E-state index contributed by atoms with van der Waals surface area (Å²) < 4.78 is 0. The van der Waals surface area contributed by atoms with Gasteiger partial charge in [0.2, 0.25) is 0 Å². The number of urea groups is 1. The van der Waals surface area contributed by atoms with Crippen LogP contribution in [0.4, 0.5) is 4.79 Å². The SMILES string of the molecule is CC(C)CCc1cccc(C(=O)N(Cc2ccccc2)C(=O)NC(CSCC2=CCCC=C2)C(=O)O)c1. The molecule has 0 radical (unpaired) electrons. The van der Waals surface area contributed by atoms with E-state index in [9.17, 15) is 19.5 Å². The minimum Gasteiger partial charge on any atom is -0.480 e. The molecular formula is C30H36N2O4S. The van der Waals surface area contributed by atoms with Gasteiger partial charge in [0, 0.05) is 17.1 Å². The normalized spacial score (nSPS) is 13.6. The minimum atomic E-state index is -1.13. The predicted octanol–water partition coefficient (Wildman–Crippen LogP) is 6.09.